The molecule has 1 saturated carbocycles. The van der Waals surface area contributed by atoms with Crippen molar-refractivity contribution in [3.63, 3.8) is 0 Å². The van der Waals surface area contributed by atoms with Crippen LogP contribution in [0.4, 0.5) is 13.2 Å². The number of likely N-dealkylation sites (tertiary alicyclic amines) is 2. The first kappa shape index (κ1) is 23.9. The summed E-state index contributed by atoms with van der Waals surface area (Å²) in [7, 11) is 5.71. The summed E-state index contributed by atoms with van der Waals surface area (Å²) < 4.78 is 42.8. The third kappa shape index (κ3) is 5.61. The maximum atomic E-state index is 12.7. The Morgan fingerprint density at radius 1 is 1.17 bits per heavy atom. The van der Waals surface area contributed by atoms with Gasteiger partial charge in [-0.05, 0) is 32.7 Å². The second-order valence-electron chi connectivity index (χ2n) is 8.50. The van der Waals surface area contributed by atoms with Gasteiger partial charge in [-0.25, -0.2) is 4.79 Å². The van der Waals surface area contributed by atoms with Crippen LogP contribution in [0, 0.1) is 11.3 Å². The molecule has 1 aliphatic carbocycles. The Hall–Kier alpha value is -1.39. The second kappa shape index (κ2) is 9.18. The molecule has 3 fully saturated rings. The van der Waals surface area contributed by atoms with Crippen molar-refractivity contribution in [3.05, 3.63) is 0 Å². The highest BCUT2D eigenvalue weighted by Crippen LogP contribution is 2.45. The van der Waals surface area contributed by atoms with Crippen LogP contribution in [-0.2, 0) is 19.1 Å². The summed E-state index contributed by atoms with van der Waals surface area (Å²) in [6, 6.07) is 0. The Morgan fingerprint density at radius 3 is 2.24 bits per heavy atom. The minimum Gasteiger partial charge on any atom is -0.475 e. The van der Waals surface area contributed by atoms with E-state index in [2.05, 4.69) is 16.8 Å². The molecule has 0 bridgehead atoms. The zero-order chi connectivity index (χ0) is 21.9. The Morgan fingerprint density at radius 2 is 1.79 bits per heavy atom. The van der Waals surface area contributed by atoms with E-state index in [1.807, 2.05) is 0 Å². The molecule has 0 aromatic carbocycles. The molecule has 1 amide bonds. The molecule has 3 rings (SSSR count). The van der Waals surface area contributed by atoms with E-state index in [0.29, 0.717) is 12.3 Å². The normalized spacial score (nSPS) is 28.8. The van der Waals surface area contributed by atoms with Crippen LogP contribution in [0.3, 0.4) is 0 Å². The van der Waals surface area contributed by atoms with Gasteiger partial charge in [0.2, 0.25) is 5.91 Å². The summed E-state index contributed by atoms with van der Waals surface area (Å²) in [4.78, 5) is 26.1. The number of carbonyl (C=O) groups is 2. The Kier molecular flexibility index (Phi) is 7.56. The molecule has 0 unspecified atom stereocenters. The van der Waals surface area contributed by atoms with Crippen molar-refractivity contribution in [1.82, 2.24) is 9.80 Å². The highest BCUT2D eigenvalue weighted by molar-refractivity contribution is 5.78. The molecule has 0 aromatic rings. The number of carboxylic acid groups (broad SMARTS) is 1. The average molecular weight is 424 g/mol. The lowest BCUT2D eigenvalue weighted by Gasteiger charge is -2.41. The van der Waals surface area contributed by atoms with Crippen molar-refractivity contribution < 1.29 is 37.3 Å². The van der Waals surface area contributed by atoms with Crippen LogP contribution in [-0.4, -0.2) is 92.6 Å². The molecular weight excluding hydrogens is 393 g/mol. The number of alkyl halides is 3. The fourth-order valence-electron chi connectivity index (χ4n) is 4.71. The predicted octanol–water partition coefficient (Wildman–Crippen LogP) is 2.01. The molecule has 2 saturated heterocycles. The SMILES string of the molecule is COC[C@H]1CN(C)C[C@@]12CCN(C(=O)CC1(OC)CCC1)C2.O=C(O)C(F)(F)F. The minimum atomic E-state index is -5.08. The van der Waals surface area contributed by atoms with Gasteiger partial charge in [0.15, 0.2) is 0 Å². The molecule has 168 valence electrons. The van der Waals surface area contributed by atoms with Gasteiger partial charge in [-0.3, -0.25) is 4.79 Å². The number of hydrogen-bond donors (Lipinski definition) is 1. The highest BCUT2D eigenvalue weighted by atomic mass is 19.4. The van der Waals surface area contributed by atoms with Crippen molar-refractivity contribution in [2.24, 2.45) is 11.3 Å². The first-order chi connectivity index (χ1) is 13.5. The van der Waals surface area contributed by atoms with E-state index in [1.54, 1.807) is 14.2 Å². The number of amides is 1. The summed E-state index contributed by atoms with van der Waals surface area (Å²) in [6.45, 7) is 4.75. The third-order valence-electron chi connectivity index (χ3n) is 6.50. The van der Waals surface area contributed by atoms with Gasteiger partial charge >= 0.3 is 12.1 Å². The maximum Gasteiger partial charge on any atom is 0.490 e. The van der Waals surface area contributed by atoms with Crippen LogP contribution in [0.5, 0.6) is 0 Å². The summed E-state index contributed by atoms with van der Waals surface area (Å²) in [6.07, 6.45) is -0.167. The van der Waals surface area contributed by atoms with Crippen LogP contribution in [0.2, 0.25) is 0 Å². The van der Waals surface area contributed by atoms with Crippen LogP contribution in [0.15, 0.2) is 0 Å². The number of ether oxygens (including phenoxy) is 2. The topological polar surface area (TPSA) is 79.3 Å². The van der Waals surface area contributed by atoms with Gasteiger partial charge in [0.25, 0.3) is 0 Å². The fourth-order valence-corrected chi connectivity index (χ4v) is 4.71. The Balaban J connectivity index is 0.000000370. The molecule has 1 spiro atoms. The maximum absolute atomic E-state index is 12.7. The largest absolute Gasteiger partial charge is 0.490 e. The highest BCUT2D eigenvalue weighted by Gasteiger charge is 2.51. The molecule has 2 heterocycles. The van der Waals surface area contributed by atoms with E-state index >= 15 is 0 Å². The van der Waals surface area contributed by atoms with Crippen molar-refractivity contribution in [2.75, 3.05) is 54.1 Å². The van der Waals surface area contributed by atoms with Crippen LogP contribution in [0.25, 0.3) is 0 Å². The lowest BCUT2D eigenvalue weighted by molar-refractivity contribution is -0.192. The lowest BCUT2D eigenvalue weighted by Crippen LogP contribution is -2.45. The predicted molar refractivity (Wildman–Crippen MR) is 98.4 cm³/mol. The molecule has 0 radical (unpaired) electrons. The van der Waals surface area contributed by atoms with E-state index < -0.39 is 12.1 Å². The molecule has 7 nitrogen and oxygen atoms in total. The zero-order valence-electron chi connectivity index (χ0n) is 17.3. The van der Waals surface area contributed by atoms with Gasteiger partial charge < -0.3 is 24.4 Å². The van der Waals surface area contributed by atoms with E-state index in [0.717, 1.165) is 52.0 Å². The van der Waals surface area contributed by atoms with Gasteiger partial charge in [-0.2, -0.15) is 13.2 Å². The van der Waals surface area contributed by atoms with E-state index in [9.17, 15) is 18.0 Å². The van der Waals surface area contributed by atoms with Gasteiger partial charge in [0.1, 0.15) is 0 Å². The van der Waals surface area contributed by atoms with Gasteiger partial charge in [-0.15, -0.1) is 0 Å². The molecule has 10 heteroatoms. The van der Waals surface area contributed by atoms with E-state index in [4.69, 9.17) is 19.4 Å². The molecule has 1 N–H and O–H groups in total. The van der Waals surface area contributed by atoms with Crippen molar-refractivity contribution >= 4 is 11.9 Å². The Bertz CT molecular complexity index is 591. The number of methoxy groups -OCH3 is 2. The number of hydrogen-bond acceptors (Lipinski definition) is 5. The molecule has 2 aliphatic heterocycles. The minimum absolute atomic E-state index is 0.161. The molecule has 3 aliphatic rings. The average Bonchev–Trinajstić information content (AvgIpc) is 3.15. The van der Waals surface area contributed by atoms with Crippen molar-refractivity contribution in [1.29, 1.82) is 0 Å². The smallest absolute Gasteiger partial charge is 0.475 e. The van der Waals surface area contributed by atoms with Gasteiger partial charge in [0.05, 0.1) is 18.6 Å². The second-order valence-corrected chi connectivity index (χ2v) is 8.50. The Labute approximate surface area is 169 Å². The van der Waals surface area contributed by atoms with Crippen LogP contribution in [0.1, 0.15) is 32.1 Å². The number of carboxylic acids is 1. The van der Waals surface area contributed by atoms with Crippen molar-refractivity contribution in [3.8, 4) is 0 Å². The quantitative estimate of drug-likeness (QED) is 0.727. The fraction of sp³-hybridized carbons (Fsp3) is 0.895. The third-order valence-corrected chi connectivity index (χ3v) is 6.50. The van der Waals surface area contributed by atoms with Gasteiger partial charge in [0, 0.05) is 51.7 Å². The summed E-state index contributed by atoms with van der Waals surface area (Å²) in [5.74, 6) is -1.93. The van der Waals surface area contributed by atoms with Crippen molar-refractivity contribution in [2.45, 2.75) is 43.9 Å². The lowest BCUT2D eigenvalue weighted by atomic mass is 9.77. The van der Waals surface area contributed by atoms with E-state index in [1.165, 1.54) is 6.42 Å². The van der Waals surface area contributed by atoms with Gasteiger partial charge in [-0.1, -0.05) is 0 Å². The number of carbonyl (C=O) groups excluding carboxylic acids is 1. The molecule has 2 atom stereocenters. The summed E-state index contributed by atoms with van der Waals surface area (Å²) in [5, 5.41) is 7.12. The van der Waals surface area contributed by atoms with Crippen LogP contribution >= 0.6 is 0 Å². The number of nitrogens with zero attached hydrogens (tertiary/aromatic N) is 2. The number of aliphatic carboxylic acids is 1. The van der Waals surface area contributed by atoms with E-state index in [-0.39, 0.29) is 16.9 Å². The summed E-state index contributed by atoms with van der Waals surface area (Å²) in [5.41, 5.74) is 0.0749. The molecular formula is C19H31F3N2O5. The number of halogens is 3. The first-order valence-corrected chi connectivity index (χ1v) is 9.77. The number of rotatable bonds is 5. The van der Waals surface area contributed by atoms with Crippen LogP contribution < -0.4 is 0 Å². The standard InChI is InChI=1S/C17H30N2O3.C2HF3O2/c1-18-10-14(11-21-2)16(12-18)7-8-19(13-16)15(20)9-17(22-3)5-4-6-17;3-2(4,5)1(6)7/h14H,4-13H2,1-3H3;(H,6,7)/t14-,16-;/m1./s1. The summed E-state index contributed by atoms with van der Waals surface area (Å²) >= 11 is 0. The molecule has 29 heavy (non-hydrogen) atoms. The first-order valence-electron chi connectivity index (χ1n) is 9.77. The monoisotopic (exact) mass is 424 g/mol. The zero-order valence-corrected chi connectivity index (χ0v) is 17.3. The molecule has 0 aromatic heterocycles.